The fraction of sp³-hybridized carbons (Fsp3) is 0.111. The number of benzene rings is 4. The molecule has 0 aliphatic rings. The first-order chi connectivity index (χ1) is 15.1. The van der Waals surface area contributed by atoms with Crippen LogP contribution >= 0.6 is 26.3 Å². The van der Waals surface area contributed by atoms with Gasteiger partial charge in [0.15, 0.2) is 0 Å². The molecule has 158 valence electrons. The van der Waals surface area contributed by atoms with Crippen molar-refractivity contribution in [3.8, 4) is 11.5 Å². The normalized spacial score (nSPS) is 12.6. The number of rotatable bonds is 7. The number of ether oxygens (including phenoxy) is 1. The van der Waals surface area contributed by atoms with Crippen LogP contribution in [0.15, 0.2) is 109 Å². The molecule has 0 aliphatic carbocycles. The number of hydrogen-bond donors (Lipinski definition) is 1. The zero-order valence-electron chi connectivity index (χ0n) is 17.5. The van der Waals surface area contributed by atoms with E-state index in [4.69, 9.17) is 4.74 Å². The van der Waals surface area contributed by atoms with E-state index in [1.807, 2.05) is 19.1 Å². The fourth-order valence-electron chi connectivity index (χ4n) is 4.20. The Morgan fingerprint density at radius 2 is 1.16 bits per heavy atom. The molecule has 31 heavy (non-hydrogen) atoms. The van der Waals surface area contributed by atoms with Crippen LogP contribution in [-0.4, -0.2) is 11.7 Å². The van der Waals surface area contributed by atoms with Gasteiger partial charge in [0.05, 0.1) is 0 Å². The van der Waals surface area contributed by atoms with E-state index in [0.717, 1.165) is 11.3 Å². The van der Waals surface area contributed by atoms with Crippen LogP contribution in [0, 0.1) is 0 Å². The third-order valence-electron chi connectivity index (χ3n) is 5.71. The van der Waals surface area contributed by atoms with E-state index in [9.17, 15) is 5.11 Å². The first-order valence-corrected chi connectivity index (χ1v) is 15.6. The molecule has 1 N–H and O–H groups in total. The molecule has 0 aromatic heterocycles. The van der Waals surface area contributed by atoms with Crippen LogP contribution < -0.4 is 20.7 Å². The molecule has 2 nitrogen and oxygen atoms in total. The zero-order chi connectivity index (χ0) is 21.8. The second-order valence-corrected chi connectivity index (χ2v) is 18.2. The molecule has 0 aliphatic heterocycles. The van der Waals surface area contributed by atoms with Crippen molar-refractivity contribution in [3.63, 3.8) is 0 Å². The molecular weight excluding hydrogens is 514 g/mol. The number of phenolic OH excluding ortho intramolecular Hbond substituents is 1. The van der Waals surface area contributed by atoms with Gasteiger partial charge in [-0.15, -0.1) is 0 Å². The minimum absolute atomic E-state index is 0.303. The third kappa shape index (κ3) is 3.97. The van der Waals surface area contributed by atoms with E-state index >= 15 is 0 Å². The molecule has 0 fully saturated rings. The maximum absolute atomic E-state index is 10.9. The Labute approximate surface area is 197 Å². The molecule has 4 aromatic carbocycles. The molecular formula is C27H26IO2P. The molecule has 4 rings (SSSR count). The van der Waals surface area contributed by atoms with Gasteiger partial charge in [0, 0.05) is 0 Å². The molecule has 0 saturated carbocycles. The van der Waals surface area contributed by atoms with E-state index in [0.29, 0.717) is 18.5 Å². The van der Waals surface area contributed by atoms with Crippen LogP contribution in [0.2, 0.25) is 0 Å². The molecule has 0 amide bonds. The summed E-state index contributed by atoms with van der Waals surface area (Å²) in [6.07, 6.45) is 0.691. The second-order valence-electron chi connectivity index (χ2n) is 7.57. The predicted molar refractivity (Wildman–Crippen MR) is 142 cm³/mol. The predicted octanol–water partition coefficient (Wildman–Crippen LogP) is 6.17. The molecule has 0 bridgehead atoms. The number of aromatic hydroxyl groups is 1. The van der Waals surface area contributed by atoms with E-state index in [-0.39, 0.29) is 0 Å². The summed E-state index contributed by atoms with van der Waals surface area (Å²) >= 11 is 2.74. The van der Waals surface area contributed by atoms with Gasteiger partial charge in [-0.2, -0.15) is 0 Å². The molecule has 0 saturated heterocycles. The molecule has 4 heteroatoms. The molecule has 0 unspecified atom stereocenters. The van der Waals surface area contributed by atoms with Crippen LogP contribution in [0.1, 0.15) is 12.5 Å². The van der Waals surface area contributed by atoms with Crippen LogP contribution in [0.5, 0.6) is 11.5 Å². The molecule has 0 heterocycles. The summed E-state index contributed by atoms with van der Waals surface area (Å²) in [4.78, 5) is 0. The van der Waals surface area contributed by atoms with Gasteiger partial charge in [-0.1, -0.05) is 0 Å². The standard InChI is InChI=1S/C27H26IO2P/c1-2-30-23-18-19-27(29)22(20-23)21-31(28,24-12-6-3-7-13-24,25-14-8-4-9-15-25)26-16-10-5-11-17-26/h3-20,29H,2,21H2,1H3. The molecule has 4 aromatic rings. The quantitative estimate of drug-likeness (QED) is 0.225. The van der Waals surface area contributed by atoms with Crippen molar-refractivity contribution in [1.29, 1.82) is 0 Å². The van der Waals surface area contributed by atoms with Crippen molar-refractivity contribution in [2.75, 3.05) is 6.61 Å². The monoisotopic (exact) mass is 540 g/mol. The zero-order valence-corrected chi connectivity index (χ0v) is 20.5. The van der Waals surface area contributed by atoms with E-state index in [1.165, 1.54) is 15.9 Å². The van der Waals surface area contributed by atoms with Crippen molar-refractivity contribution >= 4 is 42.2 Å². The third-order valence-corrected chi connectivity index (χ3v) is 16.8. The SMILES string of the molecule is CCOc1ccc(O)c(CP(I)(c2ccccc2)(c2ccccc2)c2ccccc2)c1. The van der Waals surface area contributed by atoms with E-state index in [1.54, 1.807) is 6.07 Å². The topological polar surface area (TPSA) is 29.5 Å². The van der Waals surface area contributed by atoms with Gasteiger partial charge in [-0.25, -0.2) is 0 Å². The number of hydrogen-bond acceptors (Lipinski definition) is 2. The van der Waals surface area contributed by atoms with Crippen LogP contribution in [-0.2, 0) is 6.16 Å². The Balaban J connectivity index is 2.06. The first kappa shape index (κ1) is 21.9. The summed E-state index contributed by atoms with van der Waals surface area (Å²) in [7, 11) is 0. The van der Waals surface area contributed by atoms with Crippen molar-refractivity contribution in [2.24, 2.45) is 0 Å². The Hall–Kier alpha value is -2.36. The van der Waals surface area contributed by atoms with E-state index in [2.05, 4.69) is 113 Å². The molecule has 0 radical (unpaired) electrons. The summed E-state index contributed by atoms with van der Waals surface area (Å²) in [5, 5.41) is 14.7. The van der Waals surface area contributed by atoms with Crippen molar-refractivity contribution in [3.05, 3.63) is 115 Å². The maximum atomic E-state index is 10.9. The summed E-state index contributed by atoms with van der Waals surface area (Å²) in [5.41, 5.74) is 0.898. The van der Waals surface area contributed by atoms with Crippen molar-refractivity contribution < 1.29 is 9.84 Å². The first-order valence-electron chi connectivity index (χ1n) is 10.4. The average molecular weight is 540 g/mol. The minimum atomic E-state index is -3.01. The van der Waals surface area contributed by atoms with Gasteiger partial charge in [-0.05, 0) is 0 Å². The van der Waals surface area contributed by atoms with Crippen LogP contribution in [0.4, 0.5) is 0 Å². The van der Waals surface area contributed by atoms with Crippen molar-refractivity contribution in [2.45, 2.75) is 13.1 Å². The molecule has 0 spiro atoms. The summed E-state index contributed by atoms with van der Waals surface area (Å²) < 4.78 is 2.76. The van der Waals surface area contributed by atoms with Crippen LogP contribution in [0.3, 0.4) is 0 Å². The van der Waals surface area contributed by atoms with Gasteiger partial charge < -0.3 is 0 Å². The van der Waals surface area contributed by atoms with Crippen LogP contribution in [0.25, 0.3) is 0 Å². The summed E-state index contributed by atoms with van der Waals surface area (Å²) in [6.45, 7) is 2.57. The second kappa shape index (κ2) is 9.02. The van der Waals surface area contributed by atoms with Gasteiger partial charge in [-0.3, -0.25) is 0 Å². The average Bonchev–Trinajstić information content (AvgIpc) is 2.83. The Bertz CT molecular complexity index is 1050. The van der Waals surface area contributed by atoms with E-state index < -0.39 is 4.25 Å². The molecule has 0 atom stereocenters. The Morgan fingerprint density at radius 3 is 1.58 bits per heavy atom. The Morgan fingerprint density at radius 1 is 0.710 bits per heavy atom. The number of halogens is 1. The summed E-state index contributed by atoms with van der Waals surface area (Å²) in [6, 6.07) is 37.8. The fourth-order valence-corrected chi connectivity index (χ4v) is 12.9. The Kier molecular flexibility index (Phi) is 6.36. The van der Waals surface area contributed by atoms with Gasteiger partial charge in [0.2, 0.25) is 0 Å². The van der Waals surface area contributed by atoms with Gasteiger partial charge in [0.25, 0.3) is 0 Å². The number of phenols is 1. The summed E-state index contributed by atoms with van der Waals surface area (Å²) in [5.74, 6) is 1.09. The van der Waals surface area contributed by atoms with Gasteiger partial charge >= 0.3 is 198 Å². The van der Waals surface area contributed by atoms with Crippen molar-refractivity contribution in [1.82, 2.24) is 0 Å². The van der Waals surface area contributed by atoms with Gasteiger partial charge in [0.1, 0.15) is 0 Å².